The number of sulfonamides is 1. The van der Waals surface area contributed by atoms with Crippen LogP contribution in [0.25, 0.3) is 0 Å². The van der Waals surface area contributed by atoms with Crippen molar-refractivity contribution in [1.82, 2.24) is 14.9 Å². The molecule has 2 saturated heterocycles. The van der Waals surface area contributed by atoms with Gasteiger partial charge < -0.3 is 28.4 Å². The molecule has 3 aliphatic rings. The van der Waals surface area contributed by atoms with Gasteiger partial charge in [-0.2, -0.15) is 4.98 Å². The molecule has 3 aliphatic heterocycles. The van der Waals surface area contributed by atoms with Gasteiger partial charge in [0.25, 0.3) is 0 Å². The van der Waals surface area contributed by atoms with Crippen molar-refractivity contribution < 1.29 is 37.0 Å². The van der Waals surface area contributed by atoms with Gasteiger partial charge in [-0.05, 0) is 70.1 Å². The predicted octanol–water partition coefficient (Wildman–Crippen LogP) is 4.84. The molecule has 0 bridgehead atoms. The number of anilines is 2. The van der Waals surface area contributed by atoms with Crippen LogP contribution in [0.1, 0.15) is 95.4 Å². The Morgan fingerprint density at radius 3 is 2.15 bits per heavy atom. The second-order valence-corrected chi connectivity index (χ2v) is 15.2. The third-order valence-electron chi connectivity index (χ3n) is 8.68. The lowest BCUT2D eigenvalue weighted by Crippen LogP contribution is -2.50. The molecule has 4 unspecified atom stereocenters. The maximum Gasteiger partial charge on any atom is 0.308 e. The van der Waals surface area contributed by atoms with Gasteiger partial charge in [0, 0.05) is 37.8 Å². The van der Waals surface area contributed by atoms with Crippen LogP contribution in [-0.4, -0.2) is 74.2 Å². The molecular formula is C32H46ClN5O8S. The summed E-state index contributed by atoms with van der Waals surface area (Å²) in [5.41, 5.74) is 1.59. The summed E-state index contributed by atoms with van der Waals surface area (Å²) in [6.07, 6.45) is 4.65. The van der Waals surface area contributed by atoms with Crippen LogP contribution in [0, 0.1) is 0 Å². The number of rotatable bonds is 13. The second-order valence-electron chi connectivity index (χ2n) is 12.5. The average Bonchev–Trinajstić information content (AvgIpc) is 3.39. The van der Waals surface area contributed by atoms with E-state index >= 15 is 0 Å². The van der Waals surface area contributed by atoms with Crippen molar-refractivity contribution in [2.45, 2.75) is 115 Å². The zero-order valence-corrected chi connectivity index (χ0v) is 28.9. The fraction of sp³-hybridized carbons (Fsp3) is 0.656. The van der Waals surface area contributed by atoms with Crippen LogP contribution in [0.4, 0.5) is 11.8 Å². The van der Waals surface area contributed by atoms with Crippen LogP contribution < -0.4 is 14.9 Å². The van der Waals surface area contributed by atoms with Crippen LogP contribution in [0.5, 0.6) is 0 Å². The first kappa shape index (κ1) is 35.4. The quantitative estimate of drug-likeness (QED) is 0.277. The Labute approximate surface area is 281 Å². The Hall–Kier alpha value is -2.91. The van der Waals surface area contributed by atoms with Gasteiger partial charge in [0.1, 0.15) is 0 Å². The number of fused-ring (bicyclic) bond motifs is 1. The maximum atomic E-state index is 13.1. The summed E-state index contributed by atoms with van der Waals surface area (Å²) in [4.78, 5) is 32.4. The van der Waals surface area contributed by atoms with E-state index in [9.17, 15) is 18.0 Å². The van der Waals surface area contributed by atoms with E-state index in [4.69, 9.17) is 35.5 Å². The SMILES string of the molecule is CC(C)S(=O)(=O)Nc1nc2c(n1Cc1ccc(Cl)cc1)C(CCC(=O)OC1CCCCO1)NC(CCC(=O)OC1CCCCO1)N2C. The first-order chi connectivity index (χ1) is 22.5. The summed E-state index contributed by atoms with van der Waals surface area (Å²) in [5.74, 6) is -0.0347. The molecule has 4 atom stereocenters. The zero-order chi connectivity index (χ0) is 33.6. The number of benzene rings is 1. The van der Waals surface area contributed by atoms with E-state index in [1.165, 1.54) is 0 Å². The van der Waals surface area contributed by atoms with Crippen molar-refractivity contribution >= 4 is 45.3 Å². The highest BCUT2D eigenvalue weighted by atomic mass is 35.5. The number of aromatic nitrogens is 2. The molecule has 5 rings (SSSR count). The van der Waals surface area contributed by atoms with Gasteiger partial charge in [0.15, 0.2) is 5.82 Å². The summed E-state index contributed by atoms with van der Waals surface area (Å²) in [6.45, 7) is 4.63. The van der Waals surface area contributed by atoms with E-state index in [2.05, 4.69) is 10.0 Å². The molecule has 4 heterocycles. The molecule has 13 nitrogen and oxygen atoms in total. The number of ether oxygens (including phenoxy) is 4. The number of nitrogens with zero attached hydrogens (tertiary/aromatic N) is 3. The van der Waals surface area contributed by atoms with Crippen molar-refractivity contribution in [3.8, 4) is 0 Å². The third-order valence-corrected chi connectivity index (χ3v) is 10.6. The Kier molecular flexibility index (Phi) is 12.0. The first-order valence-corrected chi connectivity index (χ1v) is 18.4. The predicted molar refractivity (Wildman–Crippen MR) is 176 cm³/mol. The Morgan fingerprint density at radius 2 is 1.60 bits per heavy atom. The van der Waals surface area contributed by atoms with E-state index in [1.54, 1.807) is 26.0 Å². The largest absolute Gasteiger partial charge is 0.436 e. The minimum absolute atomic E-state index is 0.0909. The Morgan fingerprint density at radius 1 is 1.00 bits per heavy atom. The lowest BCUT2D eigenvalue weighted by molar-refractivity contribution is -0.187. The minimum atomic E-state index is -3.75. The fourth-order valence-corrected chi connectivity index (χ4v) is 6.69. The molecule has 0 spiro atoms. The van der Waals surface area contributed by atoms with Gasteiger partial charge >= 0.3 is 11.9 Å². The standard InChI is InChI=1S/C32H46ClN5O8S/c1-21(2)47(41,42)36-32-35-31-30(38(32)20-22-10-12-23(33)13-11-22)24(14-16-26(39)45-28-8-4-6-18-43-28)34-25(37(31)3)15-17-27(40)46-29-9-5-7-19-44-29/h10-13,21,24-25,28-29,34H,4-9,14-20H2,1-3H3,(H,35,36). The monoisotopic (exact) mass is 695 g/mol. The molecule has 2 aromatic rings. The van der Waals surface area contributed by atoms with Gasteiger partial charge in [0.05, 0.1) is 42.9 Å². The molecule has 2 fully saturated rings. The van der Waals surface area contributed by atoms with Crippen LogP contribution in [-0.2, 0) is 45.1 Å². The molecule has 1 aromatic heterocycles. The molecular weight excluding hydrogens is 650 g/mol. The molecule has 47 heavy (non-hydrogen) atoms. The van der Waals surface area contributed by atoms with Gasteiger partial charge in [-0.3, -0.25) is 19.6 Å². The topological polar surface area (TPSA) is 150 Å². The Bertz CT molecular complexity index is 1470. The van der Waals surface area contributed by atoms with E-state index in [0.717, 1.165) is 31.2 Å². The van der Waals surface area contributed by atoms with Gasteiger partial charge in [0.2, 0.25) is 28.6 Å². The number of halogens is 1. The van der Waals surface area contributed by atoms with Gasteiger partial charge in [-0.1, -0.05) is 23.7 Å². The molecule has 0 saturated carbocycles. The summed E-state index contributed by atoms with van der Waals surface area (Å²) in [7, 11) is -1.91. The van der Waals surface area contributed by atoms with Gasteiger partial charge in [-0.15, -0.1) is 0 Å². The molecule has 0 radical (unpaired) electrons. The van der Waals surface area contributed by atoms with Crippen LogP contribution in [0.2, 0.25) is 5.02 Å². The lowest BCUT2D eigenvalue weighted by Gasteiger charge is -2.39. The van der Waals surface area contributed by atoms with Crippen LogP contribution in [0.15, 0.2) is 24.3 Å². The zero-order valence-electron chi connectivity index (χ0n) is 27.3. The minimum Gasteiger partial charge on any atom is -0.436 e. The molecule has 260 valence electrons. The number of imidazole rings is 1. The summed E-state index contributed by atoms with van der Waals surface area (Å²) in [5, 5.41) is 3.48. The van der Waals surface area contributed by atoms with Crippen LogP contribution >= 0.6 is 11.6 Å². The highest BCUT2D eigenvalue weighted by molar-refractivity contribution is 7.93. The molecule has 1 aromatic carbocycles. The van der Waals surface area contributed by atoms with Crippen molar-refractivity contribution in [1.29, 1.82) is 0 Å². The van der Waals surface area contributed by atoms with E-state index in [1.807, 2.05) is 28.6 Å². The number of hydrogen-bond donors (Lipinski definition) is 2. The number of esters is 2. The summed E-state index contributed by atoms with van der Waals surface area (Å²) in [6, 6.07) is 6.86. The van der Waals surface area contributed by atoms with E-state index in [0.29, 0.717) is 62.0 Å². The summed E-state index contributed by atoms with van der Waals surface area (Å²) < 4.78 is 53.0. The molecule has 0 aliphatic carbocycles. The number of nitrogens with one attached hydrogen (secondary N) is 2. The molecule has 15 heteroatoms. The number of hydrogen-bond acceptors (Lipinski definition) is 11. The van der Waals surface area contributed by atoms with E-state index in [-0.39, 0.29) is 36.9 Å². The van der Waals surface area contributed by atoms with Crippen molar-refractivity contribution in [2.75, 3.05) is 29.9 Å². The fourth-order valence-electron chi connectivity index (χ4n) is 5.92. The highest BCUT2D eigenvalue weighted by Gasteiger charge is 2.37. The maximum absolute atomic E-state index is 13.1. The lowest BCUT2D eigenvalue weighted by atomic mass is 10.0. The Balaban J connectivity index is 1.42. The molecule has 0 amide bonds. The number of carbonyl (C=O) groups excluding carboxylic acids is 2. The van der Waals surface area contributed by atoms with Gasteiger partial charge in [-0.25, -0.2) is 8.42 Å². The third kappa shape index (κ3) is 9.38. The van der Waals surface area contributed by atoms with Crippen LogP contribution in [0.3, 0.4) is 0 Å². The summed E-state index contributed by atoms with van der Waals surface area (Å²) >= 11 is 6.15. The first-order valence-electron chi connectivity index (χ1n) is 16.5. The normalized spacial score (nSPS) is 23.3. The molecule has 2 N–H and O–H groups in total. The highest BCUT2D eigenvalue weighted by Crippen LogP contribution is 2.38. The number of carbonyl (C=O) groups is 2. The smallest absolute Gasteiger partial charge is 0.308 e. The average molecular weight is 696 g/mol. The van der Waals surface area contributed by atoms with Crippen molar-refractivity contribution in [3.63, 3.8) is 0 Å². The van der Waals surface area contributed by atoms with Crippen molar-refractivity contribution in [3.05, 3.63) is 40.5 Å². The van der Waals surface area contributed by atoms with Crippen molar-refractivity contribution in [2.24, 2.45) is 0 Å². The second kappa shape index (κ2) is 16.0. The van der Waals surface area contributed by atoms with E-state index < -0.39 is 33.9 Å².